The number of rotatable bonds is 6. The molecule has 0 aliphatic heterocycles. The van der Waals surface area contributed by atoms with Gasteiger partial charge in [-0.05, 0) is 12.8 Å². The zero-order chi connectivity index (χ0) is 13.3. The van der Waals surface area contributed by atoms with Gasteiger partial charge in [-0.2, -0.15) is 0 Å². The summed E-state index contributed by atoms with van der Waals surface area (Å²) >= 11 is 0. The highest BCUT2D eigenvalue weighted by molar-refractivity contribution is 5.82. The van der Waals surface area contributed by atoms with E-state index in [9.17, 15) is 9.59 Å². The Morgan fingerprint density at radius 1 is 1.41 bits per heavy atom. The molecular formula is C10H20N4O3. The summed E-state index contributed by atoms with van der Waals surface area (Å²) in [5.74, 6) is -0.703. The molecule has 0 unspecified atom stereocenters. The first-order valence-corrected chi connectivity index (χ1v) is 5.39. The summed E-state index contributed by atoms with van der Waals surface area (Å²) in [7, 11) is 3.39. The van der Waals surface area contributed by atoms with Crippen LogP contribution in [0.3, 0.4) is 0 Å². The minimum atomic E-state index is -1.02. The Kier molecular flexibility index (Phi) is 7.49. The van der Waals surface area contributed by atoms with E-state index in [1.807, 2.05) is 0 Å². The fourth-order valence-corrected chi connectivity index (χ4v) is 1.29. The molecule has 7 heteroatoms. The number of nitrogens with one attached hydrogen (secondary N) is 3. The summed E-state index contributed by atoms with van der Waals surface area (Å²) in [5.41, 5.74) is 0. The Balaban J connectivity index is 3.90. The van der Waals surface area contributed by atoms with Crippen molar-refractivity contribution in [3.05, 3.63) is 0 Å². The molecular weight excluding hydrogens is 224 g/mol. The van der Waals surface area contributed by atoms with Crippen molar-refractivity contribution in [2.24, 2.45) is 4.99 Å². The first kappa shape index (κ1) is 15.2. The van der Waals surface area contributed by atoms with Crippen molar-refractivity contribution in [3.63, 3.8) is 0 Å². The molecule has 0 bridgehead atoms. The summed E-state index contributed by atoms with van der Waals surface area (Å²) in [6.07, 6.45) is 1.00. The van der Waals surface area contributed by atoms with Crippen LogP contribution in [0.2, 0.25) is 0 Å². The van der Waals surface area contributed by atoms with Gasteiger partial charge in [-0.15, -0.1) is 0 Å². The van der Waals surface area contributed by atoms with Crippen LogP contribution in [-0.2, 0) is 9.59 Å². The van der Waals surface area contributed by atoms with E-state index in [1.54, 1.807) is 14.1 Å². The molecule has 7 nitrogen and oxygen atoms in total. The maximum absolute atomic E-state index is 10.8. The van der Waals surface area contributed by atoms with Crippen LogP contribution in [-0.4, -0.2) is 49.6 Å². The first-order chi connectivity index (χ1) is 8.01. The molecule has 0 rings (SSSR count). The van der Waals surface area contributed by atoms with E-state index >= 15 is 0 Å². The molecule has 0 fully saturated rings. The third-order valence-electron chi connectivity index (χ3n) is 2.10. The highest BCUT2D eigenvalue weighted by atomic mass is 16.4. The van der Waals surface area contributed by atoms with Crippen molar-refractivity contribution < 1.29 is 14.7 Å². The van der Waals surface area contributed by atoms with Crippen LogP contribution < -0.4 is 16.0 Å². The molecule has 0 aliphatic rings. The molecule has 17 heavy (non-hydrogen) atoms. The highest BCUT2D eigenvalue weighted by Gasteiger charge is 2.17. The Morgan fingerprint density at radius 2 is 2.06 bits per heavy atom. The average Bonchev–Trinajstić information content (AvgIpc) is 2.27. The second kappa shape index (κ2) is 8.37. The number of guanidine groups is 1. The third-order valence-corrected chi connectivity index (χ3v) is 2.10. The zero-order valence-electron chi connectivity index (χ0n) is 10.4. The number of aliphatic imine (C=N–C) groups is 1. The quantitative estimate of drug-likeness (QED) is 0.277. The lowest BCUT2D eigenvalue weighted by atomic mass is 10.1. The number of aliphatic carboxylic acids is 1. The number of hydrogen-bond acceptors (Lipinski definition) is 3. The number of carbonyl (C=O) groups excluding carboxylic acids is 1. The molecule has 98 valence electrons. The van der Waals surface area contributed by atoms with Crippen molar-refractivity contribution in [1.82, 2.24) is 16.0 Å². The van der Waals surface area contributed by atoms with Crippen LogP contribution >= 0.6 is 0 Å². The van der Waals surface area contributed by atoms with E-state index in [0.29, 0.717) is 25.3 Å². The molecule has 1 atom stereocenters. The topological polar surface area (TPSA) is 103 Å². The number of carboxylic acids is 1. The Labute approximate surface area is 101 Å². The lowest BCUT2D eigenvalue weighted by Gasteiger charge is -2.13. The van der Waals surface area contributed by atoms with Gasteiger partial charge in [0.2, 0.25) is 5.91 Å². The van der Waals surface area contributed by atoms with E-state index in [2.05, 4.69) is 20.9 Å². The summed E-state index contributed by atoms with van der Waals surface area (Å²) in [6.45, 7) is 1.90. The smallest absolute Gasteiger partial charge is 0.326 e. The number of nitrogens with zero attached hydrogens (tertiary/aromatic N) is 1. The zero-order valence-corrected chi connectivity index (χ0v) is 10.4. The number of carboxylic acid groups (broad SMARTS) is 1. The molecule has 0 spiro atoms. The van der Waals surface area contributed by atoms with Crippen LogP contribution in [0.15, 0.2) is 4.99 Å². The Hall–Kier alpha value is -1.79. The summed E-state index contributed by atoms with van der Waals surface area (Å²) in [5, 5.41) is 17.1. The van der Waals surface area contributed by atoms with Gasteiger partial charge in [-0.3, -0.25) is 9.79 Å². The van der Waals surface area contributed by atoms with E-state index < -0.39 is 12.0 Å². The second-order valence-electron chi connectivity index (χ2n) is 3.48. The lowest BCUT2D eigenvalue weighted by Crippen LogP contribution is -2.40. The first-order valence-electron chi connectivity index (χ1n) is 5.39. The third kappa shape index (κ3) is 7.15. The van der Waals surface area contributed by atoms with E-state index in [4.69, 9.17) is 5.11 Å². The van der Waals surface area contributed by atoms with Gasteiger partial charge in [0.1, 0.15) is 6.04 Å². The van der Waals surface area contributed by atoms with Gasteiger partial charge in [-0.1, -0.05) is 0 Å². The SMILES string of the molecule is CN=C(NC)NCCC[C@H](NC(C)=O)C(=O)O. The lowest BCUT2D eigenvalue weighted by molar-refractivity contribution is -0.141. The van der Waals surface area contributed by atoms with Gasteiger partial charge in [0.05, 0.1) is 0 Å². The largest absolute Gasteiger partial charge is 0.480 e. The monoisotopic (exact) mass is 244 g/mol. The molecule has 0 aromatic carbocycles. The van der Waals surface area contributed by atoms with Crippen molar-refractivity contribution in [2.45, 2.75) is 25.8 Å². The molecule has 1 amide bonds. The average molecular weight is 244 g/mol. The molecule has 0 aromatic heterocycles. The standard InChI is InChI=1S/C10H20N4O3/c1-7(15)14-8(9(16)17)5-4-6-13-10(11-2)12-3/h8H,4-6H2,1-3H3,(H,14,15)(H,16,17)(H2,11,12,13)/t8-/m0/s1. The van der Waals surface area contributed by atoms with Crippen LogP contribution in [0.4, 0.5) is 0 Å². The van der Waals surface area contributed by atoms with Gasteiger partial charge in [0, 0.05) is 27.6 Å². The maximum Gasteiger partial charge on any atom is 0.326 e. The van der Waals surface area contributed by atoms with Crippen molar-refractivity contribution in [2.75, 3.05) is 20.6 Å². The van der Waals surface area contributed by atoms with Crippen LogP contribution in [0, 0.1) is 0 Å². The van der Waals surface area contributed by atoms with E-state index in [-0.39, 0.29) is 5.91 Å². The van der Waals surface area contributed by atoms with Crippen molar-refractivity contribution in [1.29, 1.82) is 0 Å². The normalized spacial score (nSPS) is 12.8. The fraction of sp³-hybridized carbons (Fsp3) is 0.700. The van der Waals surface area contributed by atoms with Crippen molar-refractivity contribution >= 4 is 17.8 Å². The van der Waals surface area contributed by atoms with Crippen LogP contribution in [0.1, 0.15) is 19.8 Å². The minimum Gasteiger partial charge on any atom is -0.480 e. The molecule has 0 aromatic rings. The van der Waals surface area contributed by atoms with Crippen LogP contribution in [0.5, 0.6) is 0 Å². The minimum absolute atomic E-state index is 0.337. The predicted molar refractivity (Wildman–Crippen MR) is 64.9 cm³/mol. The van der Waals surface area contributed by atoms with Gasteiger partial charge in [0.25, 0.3) is 0 Å². The molecule has 4 N–H and O–H groups in total. The van der Waals surface area contributed by atoms with E-state index in [1.165, 1.54) is 6.92 Å². The van der Waals surface area contributed by atoms with Gasteiger partial charge >= 0.3 is 5.97 Å². The number of hydrogen-bond donors (Lipinski definition) is 4. The summed E-state index contributed by atoms with van der Waals surface area (Å²) < 4.78 is 0. The summed E-state index contributed by atoms with van der Waals surface area (Å²) in [4.78, 5) is 25.5. The second-order valence-corrected chi connectivity index (χ2v) is 3.48. The van der Waals surface area contributed by atoms with Crippen molar-refractivity contribution in [3.8, 4) is 0 Å². The fourth-order valence-electron chi connectivity index (χ4n) is 1.29. The Morgan fingerprint density at radius 3 is 2.47 bits per heavy atom. The highest BCUT2D eigenvalue weighted by Crippen LogP contribution is 1.97. The number of amides is 1. The molecule has 0 saturated heterocycles. The Bertz CT molecular complexity index is 291. The van der Waals surface area contributed by atoms with Crippen LogP contribution in [0.25, 0.3) is 0 Å². The number of carbonyl (C=O) groups is 2. The molecule has 0 aliphatic carbocycles. The molecule has 0 heterocycles. The van der Waals surface area contributed by atoms with Gasteiger partial charge in [-0.25, -0.2) is 4.79 Å². The maximum atomic E-state index is 10.8. The molecule has 0 radical (unpaired) electrons. The predicted octanol–water partition coefficient (Wildman–Crippen LogP) is -0.849. The molecule has 0 saturated carbocycles. The summed E-state index contributed by atoms with van der Waals surface area (Å²) in [6, 6.07) is -0.828. The van der Waals surface area contributed by atoms with Gasteiger partial charge in [0.15, 0.2) is 5.96 Å². The van der Waals surface area contributed by atoms with E-state index in [0.717, 1.165) is 0 Å². The van der Waals surface area contributed by atoms with Gasteiger partial charge < -0.3 is 21.1 Å².